The van der Waals surface area contributed by atoms with Gasteiger partial charge in [-0.15, -0.1) is 13.2 Å². The van der Waals surface area contributed by atoms with Gasteiger partial charge in [0.15, 0.2) is 0 Å². The smallest absolute Gasteiger partial charge is 0.503 e. The maximum absolute atomic E-state index is 12.6. The Kier molecular flexibility index (Phi) is 8.07. The van der Waals surface area contributed by atoms with Gasteiger partial charge in [0.05, 0.1) is 26.2 Å². The van der Waals surface area contributed by atoms with Gasteiger partial charge in [-0.2, -0.15) is 0 Å². The zero-order chi connectivity index (χ0) is 23.0. The predicted octanol–water partition coefficient (Wildman–Crippen LogP) is 4.99. The van der Waals surface area contributed by atoms with E-state index in [1.165, 1.54) is 45.6 Å². The Morgan fingerprint density at radius 3 is 2.39 bits per heavy atom. The SMILES string of the molecule is CO/C=C(/C(=O)OC)c1cccc(C)c1CO/N=C(\C)c1ccccc1OC(F)(F)F. The molecule has 2 aromatic rings. The zero-order valence-corrected chi connectivity index (χ0v) is 17.4. The predicted molar refractivity (Wildman–Crippen MR) is 108 cm³/mol. The van der Waals surface area contributed by atoms with Crippen LogP contribution in [0.25, 0.3) is 5.57 Å². The van der Waals surface area contributed by atoms with Gasteiger partial charge < -0.3 is 19.0 Å². The maximum atomic E-state index is 12.6. The van der Waals surface area contributed by atoms with E-state index in [0.29, 0.717) is 11.1 Å². The molecule has 0 saturated heterocycles. The lowest BCUT2D eigenvalue weighted by Gasteiger charge is -2.14. The van der Waals surface area contributed by atoms with Crippen molar-refractivity contribution in [2.45, 2.75) is 26.8 Å². The largest absolute Gasteiger partial charge is 0.573 e. The number of hydrogen-bond donors (Lipinski definition) is 0. The summed E-state index contributed by atoms with van der Waals surface area (Å²) in [5.74, 6) is -0.973. The molecule has 31 heavy (non-hydrogen) atoms. The van der Waals surface area contributed by atoms with Gasteiger partial charge in [-0.25, -0.2) is 4.79 Å². The van der Waals surface area contributed by atoms with E-state index in [0.717, 1.165) is 5.56 Å². The molecule has 0 N–H and O–H groups in total. The molecule has 0 bridgehead atoms. The van der Waals surface area contributed by atoms with Crippen molar-refractivity contribution in [3.05, 3.63) is 71.0 Å². The van der Waals surface area contributed by atoms with Crippen molar-refractivity contribution in [2.24, 2.45) is 5.16 Å². The molecule has 2 aromatic carbocycles. The van der Waals surface area contributed by atoms with Crippen LogP contribution in [0.4, 0.5) is 13.2 Å². The average Bonchev–Trinajstić information content (AvgIpc) is 2.72. The number of nitrogens with zero attached hydrogens (tertiary/aromatic N) is 1. The van der Waals surface area contributed by atoms with Gasteiger partial charge in [-0.3, -0.25) is 0 Å². The Morgan fingerprint density at radius 1 is 1.06 bits per heavy atom. The lowest BCUT2D eigenvalue weighted by molar-refractivity contribution is -0.274. The zero-order valence-electron chi connectivity index (χ0n) is 17.4. The summed E-state index contributed by atoms with van der Waals surface area (Å²) in [5, 5.41) is 3.94. The molecule has 0 fully saturated rings. The van der Waals surface area contributed by atoms with E-state index in [9.17, 15) is 18.0 Å². The van der Waals surface area contributed by atoms with Gasteiger partial charge in [0, 0.05) is 11.1 Å². The van der Waals surface area contributed by atoms with Crippen LogP contribution < -0.4 is 4.74 Å². The molecule has 9 heteroatoms. The summed E-state index contributed by atoms with van der Waals surface area (Å²) in [6.45, 7) is 3.29. The van der Waals surface area contributed by atoms with E-state index in [1.54, 1.807) is 18.2 Å². The molecule has 0 unspecified atom stereocenters. The third-order valence-electron chi connectivity index (χ3n) is 4.25. The highest BCUT2D eigenvalue weighted by molar-refractivity contribution is 6.16. The minimum atomic E-state index is -4.83. The molecule has 0 atom stereocenters. The van der Waals surface area contributed by atoms with Crippen molar-refractivity contribution in [1.82, 2.24) is 0 Å². The number of carbonyl (C=O) groups excluding carboxylic acids is 1. The van der Waals surface area contributed by atoms with E-state index in [2.05, 4.69) is 9.89 Å². The number of carbonyl (C=O) groups is 1. The molecule has 0 aliphatic carbocycles. The molecule has 0 aromatic heterocycles. The van der Waals surface area contributed by atoms with E-state index < -0.39 is 12.3 Å². The summed E-state index contributed by atoms with van der Waals surface area (Å²) >= 11 is 0. The monoisotopic (exact) mass is 437 g/mol. The number of methoxy groups -OCH3 is 2. The normalized spacial score (nSPS) is 12.4. The van der Waals surface area contributed by atoms with Gasteiger partial charge in [-0.1, -0.05) is 35.5 Å². The summed E-state index contributed by atoms with van der Waals surface area (Å²) < 4.78 is 51.7. The van der Waals surface area contributed by atoms with Gasteiger partial charge in [-0.05, 0) is 37.1 Å². The standard InChI is InChI=1S/C22H22F3NO5/c1-14-8-7-10-17(19(12-28-3)21(27)29-4)18(14)13-30-26-15(2)16-9-5-6-11-20(16)31-22(23,24)25/h5-12H,13H2,1-4H3/b19-12+,26-15+. The minimum absolute atomic E-state index is 0.0420. The van der Waals surface area contributed by atoms with Gasteiger partial charge in [0.1, 0.15) is 17.9 Å². The first-order chi connectivity index (χ1) is 14.7. The van der Waals surface area contributed by atoms with E-state index in [4.69, 9.17) is 14.3 Å². The molecular weight excluding hydrogens is 415 g/mol. The molecule has 0 spiro atoms. The molecule has 0 aliphatic rings. The summed E-state index contributed by atoms with van der Waals surface area (Å²) in [6.07, 6.45) is -3.56. The molecule has 0 radical (unpaired) electrons. The van der Waals surface area contributed by atoms with Crippen LogP contribution in [0.2, 0.25) is 0 Å². The number of aryl methyl sites for hydroxylation is 1. The highest BCUT2D eigenvalue weighted by atomic mass is 19.4. The molecule has 6 nitrogen and oxygen atoms in total. The van der Waals surface area contributed by atoms with Crippen LogP contribution in [-0.2, 0) is 25.7 Å². The highest BCUT2D eigenvalue weighted by Gasteiger charge is 2.32. The first kappa shape index (κ1) is 23.8. The van der Waals surface area contributed by atoms with Crippen molar-refractivity contribution in [3.63, 3.8) is 0 Å². The van der Waals surface area contributed by atoms with Crippen molar-refractivity contribution in [1.29, 1.82) is 0 Å². The van der Waals surface area contributed by atoms with Crippen LogP contribution >= 0.6 is 0 Å². The van der Waals surface area contributed by atoms with Crippen molar-refractivity contribution >= 4 is 17.3 Å². The fourth-order valence-corrected chi connectivity index (χ4v) is 2.82. The second-order valence-corrected chi connectivity index (χ2v) is 6.35. The number of ether oxygens (including phenoxy) is 3. The first-order valence-corrected chi connectivity index (χ1v) is 9.09. The number of esters is 1. The van der Waals surface area contributed by atoms with Crippen molar-refractivity contribution < 1.29 is 37.0 Å². The van der Waals surface area contributed by atoms with E-state index in [1.807, 2.05) is 13.0 Å². The van der Waals surface area contributed by atoms with Crippen LogP contribution in [0.15, 0.2) is 53.9 Å². The molecule has 0 amide bonds. The van der Waals surface area contributed by atoms with Crippen LogP contribution in [0.5, 0.6) is 5.75 Å². The summed E-state index contributed by atoms with van der Waals surface area (Å²) in [6, 6.07) is 10.9. The molecule has 0 heterocycles. The fraction of sp³-hybridized carbons (Fsp3) is 0.273. The van der Waals surface area contributed by atoms with Gasteiger partial charge in [0.2, 0.25) is 0 Å². The van der Waals surface area contributed by atoms with Crippen LogP contribution in [0, 0.1) is 6.92 Å². The molecule has 0 aliphatic heterocycles. The molecular formula is C22H22F3NO5. The number of alkyl halides is 3. The number of rotatable bonds is 8. The minimum Gasteiger partial charge on any atom is -0.503 e. The lowest BCUT2D eigenvalue weighted by atomic mass is 9.97. The summed E-state index contributed by atoms with van der Waals surface area (Å²) in [5.41, 5.74) is 2.51. The quantitative estimate of drug-likeness (QED) is 0.191. The second-order valence-electron chi connectivity index (χ2n) is 6.35. The fourth-order valence-electron chi connectivity index (χ4n) is 2.82. The van der Waals surface area contributed by atoms with Crippen molar-refractivity contribution in [3.8, 4) is 5.75 Å². The summed E-state index contributed by atoms with van der Waals surface area (Å²) in [4.78, 5) is 17.6. The Bertz CT molecular complexity index is 983. The molecule has 2 rings (SSSR count). The number of hydrogen-bond acceptors (Lipinski definition) is 6. The van der Waals surface area contributed by atoms with E-state index in [-0.39, 0.29) is 29.2 Å². The Hall–Kier alpha value is -3.49. The topological polar surface area (TPSA) is 66.4 Å². The van der Waals surface area contributed by atoms with Gasteiger partial charge in [0.25, 0.3) is 0 Å². The number of benzene rings is 2. The Balaban J connectivity index is 2.30. The van der Waals surface area contributed by atoms with Gasteiger partial charge >= 0.3 is 12.3 Å². The van der Waals surface area contributed by atoms with Crippen molar-refractivity contribution in [2.75, 3.05) is 14.2 Å². The second kappa shape index (κ2) is 10.5. The third kappa shape index (κ3) is 6.50. The number of para-hydroxylation sites is 1. The molecule has 0 saturated carbocycles. The Morgan fingerprint density at radius 2 is 1.74 bits per heavy atom. The third-order valence-corrected chi connectivity index (χ3v) is 4.25. The van der Waals surface area contributed by atoms with Crippen LogP contribution in [0.1, 0.15) is 29.2 Å². The Labute approximate surface area is 177 Å². The van der Waals surface area contributed by atoms with Crippen LogP contribution in [-0.4, -0.2) is 32.3 Å². The summed E-state index contributed by atoms with van der Waals surface area (Å²) in [7, 11) is 2.66. The number of halogens is 3. The van der Waals surface area contributed by atoms with Crippen LogP contribution in [0.3, 0.4) is 0 Å². The molecule has 166 valence electrons. The average molecular weight is 437 g/mol. The first-order valence-electron chi connectivity index (χ1n) is 9.09. The van der Waals surface area contributed by atoms with E-state index >= 15 is 0 Å². The maximum Gasteiger partial charge on any atom is 0.573 e. The number of oxime groups is 1. The lowest BCUT2D eigenvalue weighted by Crippen LogP contribution is -2.18. The highest BCUT2D eigenvalue weighted by Crippen LogP contribution is 2.27.